The Hall–Kier alpha value is -1.29. The van der Waals surface area contributed by atoms with Gasteiger partial charge in [0.15, 0.2) is 6.79 Å². The van der Waals surface area contributed by atoms with Gasteiger partial charge in [0.2, 0.25) is 0 Å². The molecule has 0 heterocycles. The Kier molecular flexibility index (Phi) is 3.71. The first-order chi connectivity index (χ1) is 6.65. The minimum absolute atomic E-state index is 0.165. The van der Waals surface area contributed by atoms with Gasteiger partial charge >= 0.3 is 0 Å². The summed E-state index contributed by atoms with van der Waals surface area (Å²) in [4.78, 5) is 1.69. The Morgan fingerprint density at radius 3 is 2.64 bits per heavy atom. The molecule has 0 bridgehead atoms. The second-order valence-corrected chi connectivity index (χ2v) is 3.06. The highest BCUT2D eigenvalue weighted by molar-refractivity contribution is 5.50. The van der Waals surface area contributed by atoms with Gasteiger partial charge in [0.25, 0.3) is 0 Å². The molecule has 0 N–H and O–H groups in total. The Morgan fingerprint density at radius 1 is 1.36 bits per heavy atom. The van der Waals surface area contributed by atoms with Gasteiger partial charge in [-0.3, -0.25) is 0 Å². The lowest BCUT2D eigenvalue weighted by molar-refractivity contribution is 0.0511. The van der Waals surface area contributed by atoms with Gasteiger partial charge in [0.1, 0.15) is 11.6 Å². The first kappa shape index (κ1) is 10.8. The lowest BCUT2D eigenvalue weighted by Gasteiger charge is -2.14. The van der Waals surface area contributed by atoms with E-state index in [1.165, 1.54) is 13.2 Å². The van der Waals surface area contributed by atoms with Crippen LogP contribution in [0.5, 0.6) is 5.75 Å². The summed E-state index contributed by atoms with van der Waals surface area (Å²) in [6.07, 6.45) is 0. The molecular weight excluding hydrogens is 185 g/mol. The third-order valence-corrected chi connectivity index (χ3v) is 1.74. The zero-order chi connectivity index (χ0) is 10.6. The number of methoxy groups -OCH3 is 1. The number of ether oxygens (including phenoxy) is 2. The van der Waals surface area contributed by atoms with Crippen molar-refractivity contribution < 1.29 is 13.9 Å². The number of hydrogen-bond donors (Lipinski definition) is 0. The van der Waals surface area contributed by atoms with Crippen LogP contribution in [0.1, 0.15) is 0 Å². The van der Waals surface area contributed by atoms with E-state index in [9.17, 15) is 4.39 Å². The first-order valence-corrected chi connectivity index (χ1v) is 4.23. The topological polar surface area (TPSA) is 21.7 Å². The maximum atomic E-state index is 13.2. The predicted molar refractivity (Wildman–Crippen MR) is 53.2 cm³/mol. The fraction of sp³-hybridized carbons (Fsp3) is 0.400. The van der Waals surface area contributed by atoms with Crippen LogP contribution < -0.4 is 9.64 Å². The fourth-order valence-electron chi connectivity index (χ4n) is 1.05. The third-order valence-electron chi connectivity index (χ3n) is 1.74. The fourth-order valence-corrected chi connectivity index (χ4v) is 1.05. The van der Waals surface area contributed by atoms with Crippen LogP contribution in [0.15, 0.2) is 18.2 Å². The van der Waals surface area contributed by atoms with Crippen LogP contribution in [0.4, 0.5) is 10.1 Å². The largest absolute Gasteiger partial charge is 0.467 e. The zero-order valence-electron chi connectivity index (χ0n) is 8.58. The number of rotatable bonds is 4. The molecule has 3 nitrogen and oxygen atoms in total. The van der Waals surface area contributed by atoms with Crippen molar-refractivity contribution in [3.05, 3.63) is 24.0 Å². The molecule has 78 valence electrons. The van der Waals surface area contributed by atoms with Gasteiger partial charge in [-0.1, -0.05) is 0 Å². The average molecular weight is 199 g/mol. The maximum absolute atomic E-state index is 13.2. The van der Waals surface area contributed by atoms with Crippen LogP contribution >= 0.6 is 0 Å². The molecule has 0 aliphatic rings. The number of halogens is 1. The van der Waals surface area contributed by atoms with Crippen LogP contribution in [0.2, 0.25) is 0 Å². The average Bonchev–Trinajstić information content (AvgIpc) is 2.16. The summed E-state index contributed by atoms with van der Waals surface area (Å²) in [6.45, 7) is 0.165. The summed E-state index contributed by atoms with van der Waals surface area (Å²) in [5.74, 6) is 0.330. The standard InChI is InChI=1S/C10H14FNO2/c1-12(2)10-6-8(14-7-13-3)4-5-9(10)11/h4-6H,7H2,1-3H3. The number of nitrogens with zero attached hydrogens (tertiary/aromatic N) is 1. The minimum Gasteiger partial charge on any atom is -0.467 e. The molecule has 0 saturated carbocycles. The smallest absolute Gasteiger partial charge is 0.188 e. The monoisotopic (exact) mass is 199 g/mol. The summed E-state index contributed by atoms with van der Waals surface area (Å²) in [5, 5.41) is 0. The quantitative estimate of drug-likeness (QED) is 0.691. The van der Waals surface area contributed by atoms with Crippen molar-refractivity contribution in [2.75, 3.05) is 32.9 Å². The molecular formula is C10H14FNO2. The third kappa shape index (κ3) is 2.60. The number of benzene rings is 1. The van der Waals surface area contributed by atoms with Crippen molar-refractivity contribution in [2.45, 2.75) is 0 Å². The highest BCUT2D eigenvalue weighted by atomic mass is 19.1. The second kappa shape index (κ2) is 4.81. The molecule has 0 aromatic heterocycles. The van der Waals surface area contributed by atoms with Crippen molar-refractivity contribution in [1.82, 2.24) is 0 Å². The van der Waals surface area contributed by atoms with Crippen LogP contribution in [0, 0.1) is 5.82 Å². The summed E-state index contributed by atoms with van der Waals surface area (Å²) in [5.41, 5.74) is 0.499. The van der Waals surface area contributed by atoms with Gasteiger partial charge < -0.3 is 14.4 Å². The lowest BCUT2D eigenvalue weighted by atomic mass is 10.3. The Labute approximate surface area is 83.0 Å². The van der Waals surface area contributed by atoms with Crippen LogP contribution in [0.3, 0.4) is 0 Å². The van der Waals surface area contributed by atoms with Crippen LogP contribution in [-0.4, -0.2) is 28.0 Å². The lowest BCUT2D eigenvalue weighted by Crippen LogP contribution is -2.11. The van der Waals surface area contributed by atoms with E-state index in [-0.39, 0.29) is 12.6 Å². The molecule has 1 aromatic carbocycles. The molecule has 0 amide bonds. The molecule has 0 radical (unpaired) electrons. The molecule has 0 fully saturated rings. The van der Waals surface area contributed by atoms with E-state index in [2.05, 4.69) is 0 Å². The summed E-state index contributed by atoms with van der Waals surface area (Å²) >= 11 is 0. The Morgan fingerprint density at radius 2 is 2.07 bits per heavy atom. The van der Waals surface area contributed by atoms with E-state index in [1.54, 1.807) is 31.1 Å². The molecule has 0 spiro atoms. The summed E-state index contributed by atoms with van der Waals surface area (Å²) < 4.78 is 23.1. The van der Waals surface area contributed by atoms with E-state index in [4.69, 9.17) is 9.47 Å². The van der Waals surface area contributed by atoms with E-state index in [1.807, 2.05) is 0 Å². The van der Waals surface area contributed by atoms with Crippen molar-refractivity contribution in [2.24, 2.45) is 0 Å². The molecule has 0 aliphatic heterocycles. The van der Waals surface area contributed by atoms with E-state index in [0.717, 1.165) is 0 Å². The zero-order valence-corrected chi connectivity index (χ0v) is 8.58. The molecule has 0 atom stereocenters. The van der Waals surface area contributed by atoms with Crippen molar-refractivity contribution in [3.63, 3.8) is 0 Å². The van der Waals surface area contributed by atoms with Gasteiger partial charge in [-0.05, 0) is 12.1 Å². The van der Waals surface area contributed by atoms with Crippen molar-refractivity contribution in [1.29, 1.82) is 0 Å². The van der Waals surface area contributed by atoms with Gasteiger partial charge in [0.05, 0.1) is 5.69 Å². The van der Waals surface area contributed by atoms with Gasteiger partial charge in [-0.25, -0.2) is 4.39 Å². The summed E-state index contributed by atoms with van der Waals surface area (Å²) in [7, 11) is 5.09. The van der Waals surface area contributed by atoms with E-state index in [0.29, 0.717) is 11.4 Å². The first-order valence-electron chi connectivity index (χ1n) is 4.23. The highest BCUT2D eigenvalue weighted by Crippen LogP contribution is 2.23. The Balaban J connectivity index is 2.83. The van der Waals surface area contributed by atoms with Gasteiger partial charge in [0, 0.05) is 27.3 Å². The SMILES string of the molecule is COCOc1ccc(F)c(N(C)C)c1. The molecule has 1 rings (SSSR count). The molecule has 4 heteroatoms. The van der Waals surface area contributed by atoms with Crippen molar-refractivity contribution in [3.8, 4) is 5.75 Å². The molecule has 1 aromatic rings. The van der Waals surface area contributed by atoms with E-state index < -0.39 is 0 Å². The van der Waals surface area contributed by atoms with Gasteiger partial charge in [-0.2, -0.15) is 0 Å². The molecule has 14 heavy (non-hydrogen) atoms. The normalized spacial score (nSPS) is 10.0. The van der Waals surface area contributed by atoms with E-state index >= 15 is 0 Å². The number of hydrogen-bond acceptors (Lipinski definition) is 3. The second-order valence-electron chi connectivity index (χ2n) is 3.06. The summed E-state index contributed by atoms with van der Waals surface area (Å²) in [6, 6.07) is 4.58. The predicted octanol–water partition coefficient (Wildman–Crippen LogP) is 1.87. The van der Waals surface area contributed by atoms with Gasteiger partial charge in [-0.15, -0.1) is 0 Å². The maximum Gasteiger partial charge on any atom is 0.188 e. The van der Waals surface area contributed by atoms with Crippen LogP contribution in [-0.2, 0) is 4.74 Å². The molecule has 0 aliphatic carbocycles. The highest BCUT2D eigenvalue weighted by Gasteiger charge is 2.05. The Bertz CT molecular complexity index is 302. The minimum atomic E-state index is -0.264. The van der Waals surface area contributed by atoms with Crippen LogP contribution in [0.25, 0.3) is 0 Å². The molecule has 0 unspecified atom stereocenters. The number of anilines is 1. The van der Waals surface area contributed by atoms with Crippen molar-refractivity contribution >= 4 is 5.69 Å². The molecule has 0 saturated heterocycles.